The first kappa shape index (κ1) is 25.8. The minimum Gasteiger partial charge on any atom is -0.492 e. The van der Waals surface area contributed by atoms with Gasteiger partial charge in [-0.25, -0.2) is 4.39 Å². The highest BCUT2D eigenvalue weighted by atomic mass is 19.1. The number of amides is 1. The lowest BCUT2D eigenvalue weighted by Gasteiger charge is -2.19. The van der Waals surface area contributed by atoms with E-state index in [0.717, 1.165) is 33.4 Å². The number of methoxy groups -OCH3 is 1. The third-order valence-electron chi connectivity index (χ3n) is 7.52. The first-order valence-electron chi connectivity index (χ1n) is 12.8. The molecule has 0 bridgehead atoms. The molecule has 3 aromatic rings. The van der Waals surface area contributed by atoms with E-state index in [1.807, 2.05) is 50.2 Å². The standard InChI is InChI=1S/C31H32FNO5/c1-17-12-19(31(35)33(3)4)13-18(2)29(17)23-8-10-25(32)30-24(23)9-11-26(30)38-21-6-7-22-20(14-28(34)36-5)16-37-27(22)15-21/h6-8,10,12-13,15,20,26H,9,11,14,16H2,1-5H3/t20-,26-/m1/s1. The summed E-state index contributed by atoms with van der Waals surface area (Å²) >= 11 is 0. The van der Waals surface area contributed by atoms with Crippen molar-refractivity contribution < 1.29 is 28.2 Å². The molecule has 2 aliphatic rings. The zero-order valence-corrected chi connectivity index (χ0v) is 22.4. The molecular weight excluding hydrogens is 485 g/mol. The van der Waals surface area contributed by atoms with Crippen molar-refractivity contribution >= 4 is 11.9 Å². The predicted molar refractivity (Wildman–Crippen MR) is 142 cm³/mol. The fraction of sp³-hybridized carbons (Fsp3) is 0.355. The lowest BCUT2D eigenvalue weighted by molar-refractivity contribution is -0.141. The van der Waals surface area contributed by atoms with E-state index < -0.39 is 6.10 Å². The highest BCUT2D eigenvalue weighted by Gasteiger charge is 2.32. The molecule has 7 heteroatoms. The molecule has 0 saturated heterocycles. The Morgan fingerprint density at radius 2 is 1.82 bits per heavy atom. The normalized spacial score (nSPS) is 17.4. The highest BCUT2D eigenvalue weighted by Crippen LogP contribution is 2.45. The molecule has 0 radical (unpaired) electrons. The molecule has 0 N–H and O–H groups in total. The van der Waals surface area contributed by atoms with Gasteiger partial charge in [0, 0.05) is 42.8 Å². The van der Waals surface area contributed by atoms with Crippen LogP contribution in [0.3, 0.4) is 0 Å². The molecule has 0 aromatic heterocycles. The van der Waals surface area contributed by atoms with Gasteiger partial charge in [-0.2, -0.15) is 0 Å². The average molecular weight is 518 g/mol. The fourth-order valence-electron chi connectivity index (χ4n) is 5.74. The van der Waals surface area contributed by atoms with E-state index in [1.54, 1.807) is 19.0 Å². The quantitative estimate of drug-likeness (QED) is 0.380. The molecule has 38 heavy (non-hydrogen) atoms. The first-order valence-corrected chi connectivity index (χ1v) is 12.8. The third kappa shape index (κ3) is 4.62. The summed E-state index contributed by atoms with van der Waals surface area (Å²) in [7, 11) is 4.85. The largest absolute Gasteiger partial charge is 0.492 e. The van der Waals surface area contributed by atoms with Gasteiger partial charge >= 0.3 is 5.97 Å². The van der Waals surface area contributed by atoms with Gasteiger partial charge in [-0.15, -0.1) is 0 Å². The maximum atomic E-state index is 15.2. The monoisotopic (exact) mass is 517 g/mol. The third-order valence-corrected chi connectivity index (χ3v) is 7.52. The van der Waals surface area contributed by atoms with Crippen LogP contribution in [-0.4, -0.2) is 44.6 Å². The number of carbonyl (C=O) groups excluding carboxylic acids is 2. The van der Waals surface area contributed by atoms with Crippen molar-refractivity contribution in [2.24, 2.45) is 0 Å². The number of esters is 1. The minimum absolute atomic E-state index is 0.0458. The molecule has 3 aromatic carbocycles. The lowest BCUT2D eigenvalue weighted by atomic mass is 9.89. The van der Waals surface area contributed by atoms with E-state index in [2.05, 4.69) is 0 Å². The summed E-state index contributed by atoms with van der Waals surface area (Å²) in [5.74, 6) is 0.633. The van der Waals surface area contributed by atoms with Gasteiger partial charge in [0.15, 0.2) is 0 Å². The van der Waals surface area contributed by atoms with Gasteiger partial charge in [0.2, 0.25) is 0 Å². The second-order valence-electron chi connectivity index (χ2n) is 10.3. The van der Waals surface area contributed by atoms with Crippen LogP contribution < -0.4 is 9.47 Å². The van der Waals surface area contributed by atoms with Crippen LogP contribution in [0.4, 0.5) is 4.39 Å². The van der Waals surface area contributed by atoms with Crippen molar-refractivity contribution in [1.82, 2.24) is 4.90 Å². The van der Waals surface area contributed by atoms with Crippen molar-refractivity contribution in [1.29, 1.82) is 0 Å². The van der Waals surface area contributed by atoms with Gasteiger partial charge < -0.3 is 19.1 Å². The summed E-state index contributed by atoms with van der Waals surface area (Å²) in [6, 6.07) is 12.7. The Labute approximate surface area is 222 Å². The van der Waals surface area contributed by atoms with Crippen LogP contribution in [0.25, 0.3) is 11.1 Å². The van der Waals surface area contributed by atoms with Crippen molar-refractivity contribution in [2.45, 2.75) is 45.1 Å². The van der Waals surface area contributed by atoms with E-state index in [4.69, 9.17) is 14.2 Å². The molecule has 0 spiro atoms. The molecule has 0 unspecified atom stereocenters. The van der Waals surface area contributed by atoms with Crippen LogP contribution in [0.5, 0.6) is 11.5 Å². The Morgan fingerprint density at radius 3 is 2.50 bits per heavy atom. The van der Waals surface area contributed by atoms with E-state index >= 15 is 4.39 Å². The van der Waals surface area contributed by atoms with Crippen LogP contribution in [0, 0.1) is 19.7 Å². The van der Waals surface area contributed by atoms with Crippen LogP contribution in [-0.2, 0) is 16.0 Å². The second kappa shape index (κ2) is 10.1. The zero-order chi connectivity index (χ0) is 27.1. The number of fused-ring (bicyclic) bond motifs is 2. The van der Waals surface area contributed by atoms with Gasteiger partial charge in [-0.1, -0.05) is 12.1 Å². The summed E-state index contributed by atoms with van der Waals surface area (Å²) in [6.07, 6.45) is 1.18. The van der Waals surface area contributed by atoms with Crippen LogP contribution in [0.1, 0.15) is 63.0 Å². The summed E-state index contributed by atoms with van der Waals surface area (Å²) < 4.78 is 32.1. The van der Waals surface area contributed by atoms with Crippen molar-refractivity contribution in [3.8, 4) is 22.6 Å². The predicted octanol–water partition coefficient (Wildman–Crippen LogP) is 5.92. The Bertz CT molecular complexity index is 1410. The maximum absolute atomic E-state index is 15.2. The van der Waals surface area contributed by atoms with Crippen LogP contribution >= 0.6 is 0 Å². The van der Waals surface area contributed by atoms with Crippen LogP contribution in [0.2, 0.25) is 0 Å². The number of rotatable bonds is 6. The number of hydrogen-bond acceptors (Lipinski definition) is 5. The SMILES string of the molecule is COC(=O)C[C@@H]1COc2cc(O[C@@H]3CCc4c(-c5c(C)cc(C(=O)N(C)C)cc5C)ccc(F)c43)ccc21. The molecule has 2 atom stereocenters. The summed E-state index contributed by atoms with van der Waals surface area (Å²) in [5.41, 5.74) is 7.08. The Kier molecular flexibility index (Phi) is 6.86. The highest BCUT2D eigenvalue weighted by molar-refractivity contribution is 5.95. The smallest absolute Gasteiger partial charge is 0.306 e. The number of hydrogen-bond donors (Lipinski definition) is 0. The first-order chi connectivity index (χ1) is 18.2. The maximum Gasteiger partial charge on any atom is 0.306 e. The lowest BCUT2D eigenvalue weighted by Crippen LogP contribution is -2.22. The van der Waals surface area contributed by atoms with E-state index in [1.165, 1.54) is 13.2 Å². The number of benzene rings is 3. The number of nitrogens with zero attached hydrogens (tertiary/aromatic N) is 1. The average Bonchev–Trinajstić information content (AvgIpc) is 3.49. The molecule has 1 aliphatic heterocycles. The van der Waals surface area contributed by atoms with Gasteiger partial charge in [0.05, 0.1) is 20.1 Å². The molecule has 5 rings (SSSR count). The second-order valence-corrected chi connectivity index (χ2v) is 10.3. The fourth-order valence-corrected chi connectivity index (χ4v) is 5.74. The summed E-state index contributed by atoms with van der Waals surface area (Å²) in [6.45, 7) is 4.40. The number of carbonyl (C=O) groups is 2. The number of halogens is 1. The minimum atomic E-state index is -0.425. The molecule has 6 nitrogen and oxygen atoms in total. The van der Waals surface area contributed by atoms with Gasteiger partial charge in [0.1, 0.15) is 23.4 Å². The van der Waals surface area contributed by atoms with Crippen molar-refractivity contribution in [3.63, 3.8) is 0 Å². The van der Waals surface area contributed by atoms with E-state index in [9.17, 15) is 9.59 Å². The number of aryl methyl sites for hydroxylation is 2. The summed E-state index contributed by atoms with van der Waals surface area (Å²) in [5, 5.41) is 0. The molecular formula is C31H32FNO5. The van der Waals surface area contributed by atoms with E-state index in [0.29, 0.717) is 42.1 Å². The topological polar surface area (TPSA) is 65.1 Å². The molecule has 1 aliphatic carbocycles. The molecule has 1 heterocycles. The molecule has 198 valence electrons. The molecule has 0 saturated carbocycles. The van der Waals surface area contributed by atoms with Crippen molar-refractivity contribution in [2.75, 3.05) is 27.8 Å². The van der Waals surface area contributed by atoms with Gasteiger partial charge in [-0.3, -0.25) is 9.59 Å². The molecule has 0 fully saturated rings. The Hall–Kier alpha value is -3.87. The molecule has 1 amide bonds. The van der Waals surface area contributed by atoms with Crippen molar-refractivity contribution in [3.05, 3.63) is 81.7 Å². The summed E-state index contributed by atoms with van der Waals surface area (Å²) in [4.78, 5) is 25.8. The van der Waals surface area contributed by atoms with Crippen LogP contribution in [0.15, 0.2) is 42.5 Å². The Morgan fingerprint density at radius 1 is 1.08 bits per heavy atom. The van der Waals surface area contributed by atoms with E-state index in [-0.39, 0.29) is 30.0 Å². The Balaban J connectivity index is 1.43. The van der Waals surface area contributed by atoms with Gasteiger partial charge in [0.25, 0.3) is 5.91 Å². The number of ether oxygens (including phenoxy) is 3. The zero-order valence-electron chi connectivity index (χ0n) is 22.4. The van der Waals surface area contributed by atoms with Gasteiger partial charge in [-0.05, 0) is 78.8 Å².